The summed E-state index contributed by atoms with van der Waals surface area (Å²) in [6, 6.07) is 13.3. The molecule has 162 valence electrons. The minimum atomic E-state index is -4.31. The van der Waals surface area contributed by atoms with Crippen molar-refractivity contribution in [3.8, 4) is 0 Å². The highest BCUT2D eigenvalue weighted by Gasteiger charge is 2.31. The molecule has 3 rings (SSSR count). The molecule has 1 heterocycles. The number of ether oxygens (including phenoxy) is 1. The SMILES string of the molecule is COCC(=O)N(c1ccc(C)cc1)C1CCN(Cc2ccc(C(F)(F)F)cc2)CC1. The fraction of sp³-hybridized carbons (Fsp3) is 0.435. The van der Waals surface area contributed by atoms with E-state index in [4.69, 9.17) is 4.74 Å². The summed E-state index contributed by atoms with van der Waals surface area (Å²) in [7, 11) is 1.51. The van der Waals surface area contributed by atoms with E-state index >= 15 is 0 Å². The lowest BCUT2D eigenvalue weighted by Gasteiger charge is -2.38. The fourth-order valence-corrected chi connectivity index (χ4v) is 3.85. The Morgan fingerprint density at radius 1 is 1.07 bits per heavy atom. The average molecular weight is 420 g/mol. The molecule has 1 aliphatic heterocycles. The van der Waals surface area contributed by atoms with Gasteiger partial charge in [0.05, 0.1) is 5.56 Å². The van der Waals surface area contributed by atoms with Gasteiger partial charge in [-0.05, 0) is 49.6 Å². The van der Waals surface area contributed by atoms with E-state index in [1.807, 2.05) is 36.1 Å². The molecule has 1 aliphatic rings. The van der Waals surface area contributed by atoms with Crippen LogP contribution >= 0.6 is 0 Å². The Balaban J connectivity index is 1.63. The second-order valence-electron chi connectivity index (χ2n) is 7.73. The van der Waals surface area contributed by atoms with Gasteiger partial charge >= 0.3 is 6.18 Å². The number of methoxy groups -OCH3 is 1. The highest BCUT2D eigenvalue weighted by molar-refractivity contribution is 5.94. The molecule has 1 fully saturated rings. The number of aryl methyl sites for hydroxylation is 1. The first kappa shape index (κ1) is 22.3. The van der Waals surface area contributed by atoms with E-state index in [1.54, 1.807) is 0 Å². The molecule has 0 radical (unpaired) electrons. The van der Waals surface area contributed by atoms with Crippen molar-refractivity contribution >= 4 is 11.6 Å². The van der Waals surface area contributed by atoms with Crippen molar-refractivity contribution in [3.05, 3.63) is 65.2 Å². The zero-order chi connectivity index (χ0) is 21.7. The third kappa shape index (κ3) is 5.61. The zero-order valence-electron chi connectivity index (χ0n) is 17.3. The van der Waals surface area contributed by atoms with Crippen molar-refractivity contribution in [1.29, 1.82) is 0 Å². The van der Waals surface area contributed by atoms with E-state index in [0.29, 0.717) is 6.54 Å². The van der Waals surface area contributed by atoms with Gasteiger partial charge in [-0.3, -0.25) is 9.69 Å². The number of likely N-dealkylation sites (tertiary alicyclic amines) is 1. The number of benzene rings is 2. The molecular formula is C23H27F3N2O2. The van der Waals surface area contributed by atoms with Gasteiger partial charge in [0.1, 0.15) is 6.61 Å². The molecule has 0 unspecified atom stereocenters. The zero-order valence-corrected chi connectivity index (χ0v) is 17.3. The molecule has 0 aromatic heterocycles. The smallest absolute Gasteiger partial charge is 0.375 e. The lowest BCUT2D eigenvalue weighted by atomic mass is 10.0. The number of nitrogens with zero attached hydrogens (tertiary/aromatic N) is 2. The lowest BCUT2D eigenvalue weighted by molar-refractivity contribution is -0.137. The Morgan fingerprint density at radius 2 is 1.67 bits per heavy atom. The number of carbonyl (C=O) groups is 1. The number of halogens is 3. The topological polar surface area (TPSA) is 32.8 Å². The highest BCUT2D eigenvalue weighted by atomic mass is 19.4. The second-order valence-corrected chi connectivity index (χ2v) is 7.73. The summed E-state index contributed by atoms with van der Waals surface area (Å²) in [6.45, 7) is 4.18. The van der Waals surface area contributed by atoms with Crippen LogP contribution < -0.4 is 4.90 Å². The number of hydrogen-bond acceptors (Lipinski definition) is 3. The van der Waals surface area contributed by atoms with Crippen LogP contribution in [0, 0.1) is 6.92 Å². The summed E-state index contributed by atoms with van der Waals surface area (Å²) < 4.78 is 43.3. The standard InChI is InChI=1S/C23H27F3N2O2/c1-17-3-9-20(10-4-17)28(22(29)16-30-2)21-11-13-27(14-12-21)15-18-5-7-19(8-6-18)23(24,25)26/h3-10,21H,11-16H2,1-2H3. The molecule has 0 spiro atoms. The van der Waals surface area contributed by atoms with Gasteiger partial charge in [-0.1, -0.05) is 29.8 Å². The lowest BCUT2D eigenvalue weighted by Crippen LogP contribution is -2.48. The van der Waals surface area contributed by atoms with Crippen molar-refractivity contribution in [3.63, 3.8) is 0 Å². The van der Waals surface area contributed by atoms with Crippen LogP contribution in [0.1, 0.15) is 29.5 Å². The average Bonchev–Trinajstić information content (AvgIpc) is 2.71. The first-order valence-corrected chi connectivity index (χ1v) is 10.0. The maximum Gasteiger partial charge on any atom is 0.416 e. The van der Waals surface area contributed by atoms with Crippen LogP contribution in [0.5, 0.6) is 0 Å². The molecule has 0 bridgehead atoms. The fourth-order valence-electron chi connectivity index (χ4n) is 3.85. The Bertz CT molecular complexity index is 827. The first-order valence-electron chi connectivity index (χ1n) is 10.0. The molecule has 2 aromatic carbocycles. The quantitative estimate of drug-likeness (QED) is 0.682. The second kappa shape index (κ2) is 9.62. The predicted molar refractivity (Wildman–Crippen MR) is 110 cm³/mol. The van der Waals surface area contributed by atoms with Crippen LogP contribution in [0.4, 0.5) is 18.9 Å². The molecule has 4 nitrogen and oxygen atoms in total. The van der Waals surface area contributed by atoms with Gasteiger partial charge in [0.15, 0.2) is 0 Å². The van der Waals surface area contributed by atoms with Crippen molar-refractivity contribution < 1.29 is 22.7 Å². The summed E-state index contributed by atoms with van der Waals surface area (Å²) in [6.07, 6.45) is -2.72. The predicted octanol–water partition coefficient (Wildman–Crippen LogP) is 4.66. The number of amides is 1. The third-order valence-electron chi connectivity index (χ3n) is 5.46. The molecule has 0 aliphatic carbocycles. The normalized spacial score (nSPS) is 15.9. The minimum absolute atomic E-state index is 0.0274. The van der Waals surface area contributed by atoms with Crippen LogP contribution in [0.2, 0.25) is 0 Å². The number of anilines is 1. The number of hydrogen-bond donors (Lipinski definition) is 0. The van der Waals surface area contributed by atoms with Crippen molar-refractivity contribution in [2.75, 3.05) is 31.7 Å². The summed E-state index contributed by atoms with van der Waals surface area (Å²) in [5.74, 6) is -0.0671. The number of carbonyl (C=O) groups excluding carboxylic acids is 1. The number of rotatable bonds is 6. The molecule has 2 aromatic rings. The summed E-state index contributed by atoms with van der Waals surface area (Å²) in [5.41, 5.74) is 2.22. The van der Waals surface area contributed by atoms with Gasteiger partial charge in [-0.2, -0.15) is 13.2 Å². The van der Waals surface area contributed by atoms with Crippen LogP contribution in [0.25, 0.3) is 0 Å². The van der Waals surface area contributed by atoms with Gasteiger partial charge in [0, 0.05) is 38.5 Å². The maximum atomic E-state index is 12.7. The summed E-state index contributed by atoms with van der Waals surface area (Å²) in [4.78, 5) is 16.8. The molecule has 7 heteroatoms. The molecule has 1 amide bonds. The van der Waals surface area contributed by atoms with E-state index in [-0.39, 0.29) is 18.6 Å². The van der Waals surface area contributed by atoms with E-state index < -0.39 is 11.7 Å². The van der Waals surface area contributed by atoms with Gasteiger partial charge in [0.25, 0.3) is 5.91 Å². The van der Waals surface area contributed by atoms with E-state index in [2.05, 4.69) is 4.90 Å². The monoisotopic (exact) mass is 420 g/mol. The van der Waals surface area contributed by atoms with E-state index in [1.165, 1.54) is 19.2 Å². The third-order valence-corrected chi connectivity index (χ3v) is 5.46. The molecule has 1 saturated heterocycles. The molecular weight excluding hydrogens is 393 g/mol. The highest BCUT2D eigenvalue weighted by Crippen LogP contribution is 2.30. The van der Waals surface area contributed by atoms with Crippen molar-refractivity contribution in [2.45, 2.75) is 38.5 Å². The minimum Gasteiger partial charge on any atom is -0.375 e. The van der Waals surface area contributed by atoms with Gasteiger partial charge in [-0.25, -0.2) is 0 Å². The van der Waals surface area contributed by atoms with Crippen LogP contribution in [0.15, 0.2) is 48.5 Å². The van der Waals surface area contributed by atoms with E-state index in [9.17, 15) is 18.0 Å². The largest absolute Gasteiger partial charge is 0.416 e. The summed E-state index contributed by atoms with van der Waals surface area (Å²) in [5, 5.41) is 0. The Hall–Kier alpha value is -2.38. The Morgan fingerprint density at radius 3 is 2.20 bits per heavy atom. The van der Waals surface area contributed by atoms with Gasteiger partial charge in [0.2, 0.25) is 0 Å². The van der Waals surface area contributed by atoms with E-state index in [0.717, 1.165) is 54.9 Å². The first-order chi connectivity index (χ1) is 14.3. The van der Waals surface area contributed by atoms with Crippen molar-refractivity contribution in [1.82, 2.24) is 4.90 Å². The maximum absolute atomic E-state index is 12.7. The molecule has 0 N–H and O–H groups in total. The van der Waals surface area contributed by atoms with Crippen LogP contribution in [-0.2, 0) is 22.3 Å². The number of alkyl halides is 3. The van der Waals surface area contributed by atoms with Crippen LogP contribution in [-0.4, -0.2) is 43.7 Å². The van der Waals surface area contributed by atoms with Crippen molar-refractivity contribution in [2.24, 2.45) is 0 Å². The van der Waals surface area contributed by atoms with Gasteiger partial charge in [-0.15, -0.1) is 0 Å². The van der Waals surface area contributed by atoms with Gasteiger partial charge < -0.3 is 9.64 Å². The number of piperidine rings is 1. The molecule has 0 atom stereocenters. The van der Waals surface area contributed by atoms with Crippen LogP contribution in [0.3, 0.4) is 0 Å². The Labute approximate surface area is 175 Å². The molecule has 0 saturated carbocycles. The Kier molecular flexibility index (Phi) is 7.15. The summed E-state index contributed by atoms with van der Waals surface area (Å²) >= 11 is 0. The molecule has 30 heavy (non-hydrogen) atoms.